The summed E-state index contributed by atoms with van der Waals surface area (Å²) < 4.78 is 14.0. The van der Waals surface area contributed by atoms with Crippen LogP contribution in [-0.2, 0) is 17.9 Å². The molecule has 0 spiro atoms. The monoisotopic (exact) mass is 539 g/mol. The molecule has 31 heavy (non-hydrogen) atoms. The minimum absolute atomic E-state index is 0. The van der Waals surface area contributed by atoms with Crippen LogP contribution in [0.1, 0.15) is 36.0 Å². The molecule has 0 aromatic heterocycles. The van der Waals surface area contributed by atoms with Crippen molar-refractivity contribution in [3.8, 4) is 0 Å². The predicted octanol–water partition coefficient (Wildman–Crippen LogP) is 3.69. The van der Waals surface area contributed by atoms with E-state index in [2.05, 4.69) is 27.0 Å². The van der Waals surface area contributed by atoms with E-state index in [1.807, 2.05) is 50.2 Å². The molecule has 2 aromatic carbocycles. The van der Waals surface area contributed by atoms with E-state index in [9.17, 15) is 9.18 Å². The number of carbonyl (C=O) groups excluding carboxylic acids is 1. The van der Waals surface area contributed by atoms with E-state index in [0.29, 0.717) is 37.6 Å². The molecule has 1 aliphatic heterocycles. The van der Waals surface area contributed by atoms with E-state index in [1.54, 1.807) is 6.07 Å². The number of nitrogens with one attached hydrogen (secondary N) is 3. The van der Waals surface area contributed by atoms with Crippen molar-refractivity contribution in [1.82, 2.24) is 15.5 Å². The Bertz CT molecular complexity index is 919. The Morgan fingerprint density at radius 3 is 2.74 bits per heavy atom. The highest BCUT2D eigenvalue weighted by Gasteiger charge is 2.24. The smallest absolute Gasteiger partial charge is 0.225 e. The highest BCUT2D eigenvalue weighted by atomic mass is 127. The molecule has 168 valence electrons. The lowest BCUT2D eigenvalue weighted by molar-refractivity contribution is -0.116. The number of hydrogen-bond donors (Lipinski definition) is 3. The van der Waals surface area contributed by atoms with Gasteiger partial charge < -0.3 is 20.9 Å². The second-order valence-corrected chi connectivity index (χ2v) is 7.78. The van der Waals surface area contributed by atoms with E-state index in [4.69, 9.17) is 0 Å². The van der Waals surface area contributed by atoms with Gasteiger partial charge in [-0.2, -0.15) is 0 Å². The van der Waals surface area contributed by atoms with Gasteiger partial charge in [-0.15, -0.1) is 24.0 Å². The molecular weight excluding hydrogens is 508 g/mol. The minimum Gasteiger partial charge on any atom is -0.357 e. The molecule has 0 aliphatic carbocycles. The molecule has 1 atom stereocenters. The molecule has 0 radical (unpaired) electrons. The SMILES string of the molecule is CCNC(=NCc1ccc(F)c(CN(C)C)c1)NCC1CC(=O)Nc2ccccc21.I. The van der Waals surface area contributed by atoms with Crippen LogP contribution in [0.4, 0.5) is 10.1 Å². The number of anilines is 1. The molecule has 0 fully saturated rings. The third-order valence-electron chi connectivity index (χ3n) is 4.98. The number of guanidine groups is 1. The lowest BCUT2D eigenvalue weighted by Crippen LogP contribution is -2.40. The zero-order chi connectivity index (χ0) is 21.5. The van der Waals surface area contributed by atoms with Crippen molar-refractivity contribution in [3.05, 3.63) is 65.0 Å². The summed E-state index contributed by atoms with van der Waals surface area (Å²) in [6.45, 7) is 4.32. The Morgan fingerprint density at radius 2 is 2.00 bits per heavy atom. The van der Waals surface area contributed by atoms with Crippen LogP contribution in [0.2, 0.25) is 0 Å². The number of para-hydroxylation sites is 1. The number of aliphatic imine (C=N–C) groups is 1. The average molecular weight is 539 g/mol. The Morgan fingerprint density at radius 1 is 1.23 bits per heavy atom. The number of hydrogen-bond acceptors (Lipinski definition) is 3. The fourth-order valence-electron chi connectivity index (χ4n) is 3.60. The standard InChI is InChI=1S/C23H30FN5O.HI/c1-4-25-23(26-13-16-9-10-20(24)18(11-16)15-29(2)3)27-14-17-12-22(30)28-21-8-6-5-7-19(17)21;/h5-11,17H,4,12-15H2,1-3H3,(H,28,30)(H2,25,26,27);1H. The Labute approximate surface area is 200 Å². The van der Waals surface area contributed by atoms with Crippen LogP contribution in [-0.4, -0.2) is 44.0 Å². The van der Waals surface area contributed by atoms with E-state index >= 15 is 0 Å². The topological polar surface area (TPSA) is 68.8 Å². The van der Waals surface area contributed by atoms with Gasteiger partial charge in [0.15, 0.2) is 5.96 Å². The van der Waals surface area contributed by atoms with Gasteiger partial charge in [0.25, 0.3) is 0 Å². The first-order valence-electron chi connectivity index (χ1n) is 10.3. The van der Waals surface area contributed by atoms with Crippen LogP contribution in [0.25, 0.3) is 0 Å². The van der Waals surface area contributed by atoms with E-state index in [1.165, 1.54) is 6.07 Å². The number of amides is 1. The van der Waals surface area contributed by atoms with Gasteiger partial charge in [0.1, 0.15) is 5.82 Å². The van der Waals surface area contributed by atoms with Crippen LogP contribution < -0.4 is 16.0 Å². The van der Waals surface area contributed by atoms with Gasteiger partial charge in [-0.1, -0.05) is 24.3 Å². The van der Waals surface area contributed by atoms with Gasteiger partial charge in [-0.25, -0.2) is 9.38 Å². The van der Waals surface area contributed by atoms with Crippen LogP contribution in [0.5, 0.6) is 0 Å². The Hall–Kier alpha value is -2.20. The van der Waals surface area contributed by atoms with E-state index in [-0.39, 0.29) is 41.6 Å². The quantitative estimate of drug-likeness (QED) is 0.285. The van der Waals surface area contributed by atoms with Crippen molar-refractivity contribution in [2.45, 2.75) is 32.4 Å². The first-order valence-corrected chi connectivity index (χ1v) is 10.3. The van der Waals surface area contributed by atoms with Gasteiger partial charge in [-0.3, -0.25) is 4.79 Å². The fourth-order valence-corrected chi connectivity index (χ4v) is 3.60. The molecule has 1 aliphatic rings. The number of fused-ring (bicyclic) bond motifs is 1. The fraction of sp³-hybridized carbons (Fsp3) is 0.391. The van der Waals surface area contributed by atoms with Crippen molar-refractivity contribution >= 4 is 41.5 Å². The number of benzene rings is 2. The molecule has 6 nitrogen and oxygen atoms in total. The second kappa shape index (κ2) is 12.0. The van der Waals surface area contributed by atoms with Gasteiger partial charge in [0.05, 0.1) is 6.54 Å². The number of nitrogens with zero attached hydrogens (tertiary/aromatic N) is 2. The first-order chi connectivity index (χ1) is 14.5. The highest BCUT2D eigenvalue weighted by Crippen LogP contribution is 2.31. The molecule has 1 unspecified atom stereocenters. The van der Waals surface area contributed by atoms with Gasteiger partial charge >= 0.3 is 0 Å². The van der Waals surface area contributed by atoms with Crippen LogP contribution in [0, 0.1) is 5.82 Å². The number of carbonyl (C=O) groups is 1. The largest absolute Gasteiger partial charge is 0.357 e. The van der Waals surface area contributed by atoms with E-state index in [0.717, 1.165) is 23.4 Å². The summed E-state index contributed by atoms with van der Waals surface area (Å²) in [6, 6.07) is 13.0. The van der Waals surface area contributed by atoms with Crippen molar-refractivity contribution < 1.29 is 9.18 Å². The Kier molecular flexibility index (Phi) is 9.70. The summed E-state index contributed by atoms with van der Waals surface area (Å²) in [5.74, 6) is 0.591. The summed E-state index contributed by atoms with van der Waals surface area (Å²) in [5, 5.41) is 9.52. The van der Waals surface area contributed by atoms with E-state index < -0.39 is 0 Å². The van der Waals surface area contributed by atoms with Crippen LogP contribution in [0.3, 0.4) is 0 Å². The lowest BCUT2D eigenvalue weighted by Gasteiger charge is -2.26. The third kappa shape index (κ3) is 7.17. The Balaban J connectivity index is 0.00000341. The van der Waals surface area contributed by atoms with Crippen LogP contribution >= 0.6 is 24.0 Å². The summed E-state index contributed by atoms with van der Waals surface area (Å²) in [4.78, 5) is 18.6. The van der Waals surface area contributed by atoms with Crippen molar-refractivity contribution in [2.24, 2.45) is 4.99 Å². The molecule has 0 bridgehead atoms. The molecule has 0 saturated carbocycles. The normalized spacial score (nSPS) is 15.7. The molecular formula is C23H31FIN5O. The number of halogens is 2. The maximum absolute atomic E-state index is 14.0. The van der Waals surface area contributed by atoms with Gasteiger partial charge in [0, 0.05) is 43.2 Å². The minimum atomic E-state index is -0.198. The molecule has 0 saturated heterocycles. The van der Waals surface area contributed by atoms with Crippen molar-refractivity contribution in [1.29, 1.82) is 0 Å². The van der Waals surface area contributed by atoms with Gasteiger partial charge in [-0.05, 0) is 50.3 Å². The van der Waals surface area contributed by atoms with Crippen LogP contribution in [0.15, 0.2) is 47.5 Å². The van der Waals surface area contributed by atoms with Gasteiger partial charge in [0.2, 0.25) is 5.91 Å². The zero-order valence-corrected chi connectivity index (χ0v) is 20.6. The summed E-state index contributed by atoms with van der Waals surface area (Å²) >= 11 is 0. The molecule has 3 N–H and O–H groups in total. The first kappa shape index (κ1) is 25.1. The highest BCUT2D eigenvalue weighted by molar-refractivity contribution is 14.0. The third-order valence-corrected chi connectivity index (χ3v) is 4.98. The summed E-state index contributed by atoms with van der Waals surface area (Å²) in [7, 11) is 3.84. The predicted molar refractivity (Wildman–Crippen MR) is 134 cm³/mol. The maximum atomic E-state index is 14.0. The summed E-state index contributed by atoms with van der Waals surface area (Å²) in [5.41, 5.74) is 3.62. The van der Waals surface area contributed by atoms with Crippen molar-refractivity contribution in [3.63, 3.8) is 0 Å². The molecule has 2 aromatic rings. The molecule has 3 rings (SSSR count). The zero-order valence-electron chi connectivity index (χ0n) is 18.2. The molecule has 1 heterocycles. The second-order valence-electron chi connectivity index (χ2n) is 7.78. The number of rotatable bonds is 7. The lowest BCUT2D eigenvalue weighted by atomic mass is 9.90. The van der Waals surface area contributed by atoms with Crippen molar-refractivity contribution in [2.75, 3.05) is 32.5 Å². The maximum Gasteiger partial charge on any atom is 0.225 e. The molecule has 1 amide bonds. The molecule has 8 heteroatoms. The summed E-state index contributed by atoms with van der Waals surface area (Å²) in [6.07, 6.45) is 0.440. The average Bonchev–Trinajstić information content (AvgIpc) is 2.71.